The van der Waals surface area contributed by atoms with E-state index in [2.05, 4.69) is 0 Å². The Bertz CT molecular complexity index is 691. The molecule has 3 rings (SSSR count). The van der Waals surface area contributed by atoms with Crippen LogP contribution in [0.5, 0.6) is 23.0 Å². The minimum Gasteiger partial charge on any atom is -0.504 e. The van der Waals surface area contributed by atoms with Crippen molar-refractivity contribution in [1.82, 2.24) is 0 Å². The highest BCUT2D eigenvalue weighted by Crippen LogP contribution is 2.42. The van der Waals surface area contributed by atoms with Crippen LogP contribution in [0.25, 0.3) is 0 Å². The lowest BCUT2D eigenvalue weighted by Gasteiger charge is -2.07. The van der Waals surface area contributed by atoms with E-state index in [4.69, 9.17) is 14.2 Å². The minimum atomic E-state index is -0.144. The van der Waals surface area contributed by atoms with Crippen LogP contribution in [-0.2, 0) is 6.42 Å². The van der Waals surface area contributed by atoms with Gasteiger partial charge in [-0.15, -0.1) is 0 Å². The van der Waals surface area contributed by atoms with E-state index in [0.29, 0.717) is 18.6 Å². The van der Waals surface area contributed by atoms with E-state index in [1.807, 2.05) is 24.3 Å². The highest BCUT2D eigenvalue weighted by Gasteiger charge is 2.23. The van der Waals surface area contributed by atoms with Crippen LogP contribution in [0, 0.1) is 0 Å². The summed E-state index contributed by atoms with van der Waals surface area (Å²) in [7, 11) is 1.61. The van der Waals surface area contributed by atoms with Gasteiger partial charge in [-0.1, -0.05) is 12.1 Å². The molecule has 0 saturated carbocycles. The number of phenols is 1. The topological polar surface area (TPSA) is 65.0 Å². The fraction of sp³-hybridized carbons (Fsp3) is 0.235. The Labute approximate surface area is 128 Å². The molecular weight excluding hydrogens is 284 g/mol. The normalized spacial score (nSPS) is 12.2. The summed E-state index contributed by atoms with van der Waals surface area (Å²) in [5.74, 6) is 1.21. The molecule has 2 aromatic rings. The van der Waals surface area contributed by atoms with Gasteiger partial charge in [0.15, 0.2) is 17.3 Å². The number of fused-ring (bicyclic) bond motifs is 1. The highest BCUT2D eigenvalue weighted by atomic mass is 16.7. The molecule has 0 aliphatic carbocycles. The summed E-state index contributed by atoms with van der Waals surface area (Å²) in [5, 5.41) is 10.1. The average molecular weight is 300 g/mol. The molecule has 5 nitrogen and oxygen atoms in total. The molecule has 22 heavy (non-hydrogen) atoms. The van der Waals surface area contributed by atoms with E-state index in [1.165, 1.54) is 0 Å². The van der Waals surface area contributed by atoms with Crippen molar-refractivity contribution in [3.63, 3.8) is 0 Å². The smallest absolute Gasteiger partial charge is 0.231 e. The van der Waals surface area contributed by atoms with Gasteiger partial charge in [0, 0.05) is 6.42 Å². The molecule has 0 spiro atoms. The number of benzene rings is 2. The van der Waals surface area contributed by atoms with Crippen molar-refractivity contribution in [2.45, 2.75) is 12.8 Å². The summed E-state index contributed by atoms with van der Waals surface area (Å²) in [6, 6.07) is 10.8. The molecule has 1 aliphatic heterocycles. The van der Waals surface area contributed by atoms with Crippen LogP contribution < -0.4 is 14.2 Å². The first-order chi connectivity index (χ1) is 10.7. The summed E-state index contributed by atoms with van der Waals surface area (Å²) in [6.07, 6.45) is 0.899. The third kappa shape index (κ3) is 2.70. The van der Waals surface area contributed by atoms with Crippen molar-refractivity contribution in [3.8, 4) is 23.0 Å². The van der Waals surface area contributed by atoms with Gasteiger partial charge in [0.25, 0.3) is 0 Å². The number of aryl methyl sites for hydroxylation is 1. The Balaban J connectivity index is 1.69. The van der Waals surface area contributed by atoms with Gasteiger partial charge in [-0.2, -0.15) is 0 Å². The number of rotatable bonds is 5. The number of methoxy groups -OCH3 is 1. The lowest BCUT2D eigenvalue weighted by Crippen LogP contribution is -2.02. The lowest BCUT2D eigenvalue weighted by atomic mass is 10.0. The van der Waals surface area contributed by atoms with E-state index >= 15 is 0 Å². The molecule has 0 fully saturated rings. The molecule has 1 N–H and O–H groups in total. The summed E-state index contributed by atoms with van der Waals surface area (Å²) >= 11 is 0. The Kier molecular flexibility index (Phi) is 3.87. The Morgan fingerprint density at radius 1 is 1.18 bits per heavy atom. The van der Waals surface area contributed by atoms with Gasteiger partial charge in [0.05, 0.1) is 12.7 Å². The second kappa shape index (κ2) is 5.97. The van der Waals surface area contributed by atoms with Gasteiger partial charge in [0.1, 0.15) is 5.75 Å². The molecule has 1 heterocycles. The lowest BCUT2D eigenvalue weighted by molar-refractivity contribution is 0.0979. The van der Waals surface area contributed by atoms with Crippen LogP contribution in [0.15, 0.2) is 36.4 Å². The number of aromatic hydroxyl groups is 1. The van der Waals surface area contributed by atoms with E-state index in [9.17, 15) is 9.90 Å². The number of ketones is 1. The van der Waals surface area contributed by atoms with Crippen LogP contribution in [-0.4, -0.2) is 24.8 Å². The molecule has 1 aliphatic rings. The number of ether oxygens (including phenoxy) is 3. The maximum Gasteiger partial charge on any atom is 0.231 e. The highest BCUT2D eigenvalue weighted by molar-refractivity contribution is 5.99. The molecule has 0 amide bonds. The van der Waals surface area contributed by atoms with Gasteiger partial charge in [0.2, 0.25) is 12.5 Å². The Hall–Kier alpha value is -2.69. The minimum absolute atomic E-state index is 0.0619. The zero-order valence-corrected chi connectivity index (χ0v) is 12.2. The second-order valence-electron chi connectivity index (χ2n) is 4.97. The molecule has 2 aromatic carbocycles. The van der Waals surface area contributed by atoms with Gasteiger partial charge in [-0.25, -0.2) is 0 Å². The first-order valence-electron chi connectivity index (χ1n) is 6.96. The van der Waals surface area contributed by atoms with Crippen molar-refractivity contribution in [2.75, 3.05) is 13.9 Å². The fourth-order valence-corrected chi connectivity index (χ4v) is 2.37. The summed E-state index contributed by atoms with van der Waals surface area (Å²) in [4.78, 5) is 12.3. The van der Waals surface area contributed by atoms with Gasteiger partial charge in [-0.05, 0) is 36.2 Å². The number of carbonyl (C=O) groups is 1. The molecule has 0 atom stereocenters. The van der Waals surface area contributed by atoms with E-state index < -0.39 is 0 Å². The molecular formula is C17H16O5. The number of phenolic OH excluding ortho intramolecular Hbond substituents is 1. The Morgan fingerprint density at radius 3 is 2.68 bits per heavy atom. The third-order valence-corrected chi connectivity index (χ3v) is 3.61. The summed E-state index contributed by atoms with van der Waals surface area (Å²) < 4.78 is 15.4. The number of hydrogen-bond donors (Lipinski definition) is 1. The van der Waals surface area contributed by atoms with Crippen molar-refractivity contribution in [3.05, 3.63) is 47.5 Å². The predicted molar refractivity (Wildman–Crippen MR) is 79.9 cm³/mol. The third-order valence-electron chi connectivity index (χ3n) is 3.61. The zero-order valence-electron chi connectivity index (χ0n) is 12.2. The van der Waals surface area contributed by atoms with Crippen LogP contribution in [0.3, 0.4) is 0 Å². The summed E-state index contributed by atoms with van der Waals surface area (Å²) in [5.41, 5.74) is 1.30. The largest absolute Gasteiger partial charge is 0.504 e. The van der Waals surface area contributed by atoms with Crippen LogP contribution in [0.4, 0.5) is 0 Å². The van der Waals surface area contributed by atoms with E-state index in [0.717, 1.165) is 11.3 Å². The molecule has 5 heteroatoms. The SMILES string of the molecule is COc1ccc(CCC(=O)c2ccc3c(c2O)OCO3)cc1. The molecule has 114 valence electrons. The maximum atomic E-state index is 12.3. The number of Topliss-reactive ketones (excluding diaryl/α,β-unsaturated/α-hetero) is 1. The molecule has 0 unspecified atom stereocenters. The second-order valence-corrected chi connectivity index (χ2v) is 4.97. The van der Waals surface area contributed by atoms with Crippen molar-refractivity contribution in [1.29, 1.82) is 0 Å². The molecule has 0 bridgehead atoms. The van der Waals surface area contributed by atoms with Gasteiger partial charge >= 0.3 is 0 Å². The average Bonchev–Trinajstić information content (AvgIpc) is 3.03. The van der Waals surface area contributed by atoms with Crippen LogP contribution in [0.2, 0.25) is 0 Å². The number of carbonyl (C=O) groups excluding carboxylic acids is 1. The van der Waals surface area contributed by atoms with E-state index in [-0.39, 0.29) is 29.6 Å². The quantitative estimate of drug-likeness (QED) is 0.860. The van der Waals surface area contributed by atoms with Crippen molar-refractivity contribution in [2.24, 2.45) is 0 Å². The standard InChI is InChI=1S/C17H16O5/c1-20-12-5-2-11(3-6-12)4-8-14(18)13-7-9-15-17(16(13)19)22-10-21-15/h2-3,5-7,9,19H,4,8,10H2,1H3. The van der Waals surface area contributed by atoms with Crippen LogP contribution in [0.1, 0.15) is 22.3 Å². The first kappa shape index (κ1) is 14.3. The fourth-order valence-electron chi connectivity index (χ4n) is 2.37. The van der Waals surface area contributed by atoms with Crippen molar-refractivity contribution >= 4 is 5.78 Å². The van der Waals surface area contributed by atoms with Crippen LogP contribution >= 0.6 is 0 Å². The predicted octanol–water partition coefficient (Wildman–Crippen LogP) is 2.95. The van der Waals surface area contributed by atoms with Gasteiger partial charge < -0.3 is 19.3 Å². The van der Waals surface area contributed by atoms with E-state index in [1.54, 1.807) is 19.2 Å². The number of hydrogen-bond acceptors (Lipinski definition) is 5. The van der Waals surface area contributed by atoms with Gasteiger partial charge in [-0.3, -0.25) is 4.79 Å². The summed E-state index contributed by atoms with van der Waals surface area (Å²) in [6.45, 7) is 0.0619. The Morgan fingerprint density at radius 2 is 1.95 bits per heavy atom. The molecule has 0 radical (unpaired) electrons. The maximum absolute atomic E-state index is 12.3. The monoisotopic (exact) mass is 300 g/mol. The molecule has 0 saturated heterocycles. The zero-order chi connectivity index (χ0) is 15.5. The van der Waals surface area contributed by atoms with Crippen molar-refractivity contribution < 1.29 is 24.1 Å². The first-order valence-corrected chi connectivity index (χ1v) is 6.96. The molecule has 0 aromatic heterocycles.